The maximum atomic E-state index is 11.2. The van der Waals surface area contributed by atoms with Gasteiger partial charge in [0.2, 0.25) is 0 Å². The van der Waals surface area contributed by atoms with Crippen molar-refractivity contribution in [2.45, 2.75) is 51.7 Å². The molecule has 1 rings (SSSR count). The maximum absolute atomic E-state index is 11.2. The van der Waals surface area contributed by atoms with Crippen LogP contribution in [-0.4, -0.2) is 24.7 Å². The van der Waals surface area contributed by atoms with Crippen molar-refractivity contribution in [3.8, 4) is 0 Å². The number of rotatable bonds is 5. The molecule has 0 aromatic rings. The number of carbonyl (C=O) groups is 1. The van der Waals surface area contributed by atoms with Crippen LogP contribution in [0.5, 0.6) is 0 Å². The van der Waals surface area contributed by atoms with Gasteiger partial charge in [0.25, 0.3) is 0 Å². The first-order valence-electron chi connectivity index (χ1n) is 5.11. The molecule has 1 aliphatic carbocycles. The first-order chi connectivity index (χ1) is 6.18. The number of hydrogen-bond donors (Lipinski definition) is 1. The van der Waals surface area contributed by atoms with Gasteiger partial charge in [-0.25, -0.2) is 0 Å². The second kappa shape index (κ2) is 5.22. The molecular formula is C10H19NO2. The van der Waals surface area contributed by atoms with E-state index in [1.807, 2.05) is 0 Å². The highest BCUT2D eigenvalue weighted by Gasteiger charge is 2.21. The number of nitrogens with one attached hydrogen (secondary N) is 1. The molecule has 1 aliphatic rings. The zero-order chi connectivity index (χ0) is 9.68. The lowest BCUT2D eigenvalue weighted by molar-refractivity contribution is -0.152. The fourth-order valence-corrected chi connectivity index (χ4v) is 1.20. The van der Waals surface area contributed by atoms with Gasteiger partial charge in [0.05, 0.1) is 6.42 Å². The normalized spacial score (nSPS) is 17.2. The van der Waals surface area contributed by atoms with Crippen LogP contribution < -0.4 is 5.32 Å². The topological polar surface area (TPSA) is 38.3 Å². The number of ether oxygens (including phenoxy) is 1. The van der Waals surface area contributed by atoms with E-state index in [-0.39, 0.29) is 12.1 Å². The molecule has 0 spiro atoms. The van der Waals surface area contributed by atoms with E-state index in [1.54, 1.807) is 0 Å². The zero-order valence-corrected chi connectivity index (χ0v) is 8.51. The van der Waals surface area contributed by atoms with E-state index < -0.39 is 0 Å². The molecular weight excluding hydrogens is 166 g/mol. The van der Waals surface area contributed by atoms with E-state index >= 15 is 0 Å². The Balaban J connectivity index is 1.97. The van der Waals surface area contributed by atoms with Gasteiger partial charge in [-0.3, -0.25) is 4.79 Å². The van der Waals surface area contributed by atoms with Crippen molar-refractivity contribution in [2.75, 3.05) is 6.54 Å². The fourth-order valence-electron chi connectivity index (χ4n) is 1.20. The second-order valence-corrected chi connectivity index (χ2v) is 3.90. The third kappa shape index (κ3) is 4.27. The van der Waals surface area contributed by atoms with Gasteiger partial charge in [0.1, 0.15) is 6.10 Å². The number of hydrogen-bond acceptors (Lipinski definition) is 3. The van der Waals surface area contributed by atoms with Crippen LogP contribution in [0.15, 0.2) is 0 Å². The van der Waals surface area contributed by atoms with E-state index in [0.29, 0.717) is 12.5 Å². The predicted octanol–water partition coefficient (Wildman–Crippen LogP) is 1.47. The summed E-state index contributed by atoms with van der Waals surface area (Å²) in [4.78, 5) is 11.2. The van der Waals surface area contributed by atoms with Gasteiger partial charge in [-0.1, -0.05) is 13.8 Å². The lowest BCUT2D eigenvalue weighted by Gasteiger charge is -2.25. The summed E-state index contributed by atoms with van der Waals surface area (Å²) < 4.78 is 5.19. The molecule has 3 heteroatoms. The Morgan fingerprint density at radius 2 is 2.23 bits per heavy atom. The van der Waals surface area contributed by atoms with Crippen LogP contribution >= 0.6 is 0 Å². The van der Waals surface area contributed by atoms with Crippen LogP contribution in [0.25, 0.3) is 0 Å². The summed E-state index contributed by atoms with van der Waals surface area (Å²) in [6.07, 6.45) is 4.05. The van der Waals surface area contributed by atoms with E-state index in [4.69, 9.17) is 4.74 Å². The Hall–Kier alpha value is -0.570. The molecule has 0 radical (unpaired) electrons. The second-order valence-electron chi connectivity index (χ2n) is 3.90. The molecule has 1 fully saturated rings. The van der Waals surface area contributed by atoms with Gasteiger partial charge in [-0.05, 0) is 19.3 Å². The van der Waals surface area contributed by atoms with Crippen molar-refractivity contribution in [3.05, 3.63) is 0 Å². The molecule has 13 heavy (non-hydrogen) atoms. The van der Waals surface area contributed by atoms with Gasteiger partial charge < -0.3 is 10.1 Å². The molecule has 1 saturated carbocycles. The van der Waals surface area contributed by atoms with Crippen LogP contribution in [0.4, 0.5) is 0 Å². The van der Waals surface area contributed by atoms with Crippen molar-refractivity contribution < 1.29 is 9.53 Å². The SMILES string of the molecule is CC(C)NCCC(=O)OC1CCC1. The lowest BCUT2D eigenvalue weighted by Crippen LogP contribution is -2.29. The van der Waals surface area contributed by atoms with Crippen molar-refractivity contribution in [1.29, 1.82) is 0 Å². The Labute approximate surface area is 79.8 Å². The molecule has 0 saturated heterocycles. The molecule has 0 heterocycles. The third-order valence-corrected chi connectivity index (χ3v) is 2.23. The molecule has 3 nitrogen and oxygen atoms in total. The molecule has 0 aromatic heterocycles. The molecule has 76 valence electrons. The van der Waals surface area contributed by atoms with Crippen LogP contribution in [0, 0.1) is 0 Å². The smallest absolute Gasteiger partial charge is 0.307 e. The first kappa shape index (κ1) is 10.5. The molecule has 0 aliphatic heterocycles. The standard InChI is InChI=1S/C10H19NO2/c1-8(2)11-7-6-10(12)13-9-4-3-5-9/h8-9,11H,3-7H2,1-2H3. The quantitative estimate of drug-likeness (QED) is 0.659. The maximum Gasteiger partial charge on any atom is 0.307 e. The summed E-state index contributed by atoms with van der Waals surface area (Å²) in [5, 5.41) is 3.18. The summed E-state index contributed by atoms with van der Waals surface area (Å²) >= 11 is 0. The number of esters is 1. The summed E-state index contributed by atoms with van der Waals surface area (Å²) in [6, 6.07) is 0.441. The van der Waals surface area contributed by atoms with E-state index in [9.17, 15) is 4.79 Å². The molecule has 0 atom stereocenters. The Kier molecular flexibility index (Phi) is 4.22. The minimum atomic E-state index is -0.0575. The molecule has 0 bridgehead atoms. The molecule has 1 N–H and O–H groups in total. The van der Waals surface area contributed by atoms with Crippen LogP contribution in [-0.2, 0) is 9.53 Å². The summed E-state index contributed by atoms with van der Waals surface area (Å²) in [5.74, 6) is -0.0575. The van der Waals surface area contributed by atoms with E-state index in [1.165, 1.54) is 6.42 Å². The zero-order valence-electron chi connectivity index (χ0n) is 8.51. The largest absolute Gasteiger partial charge is 0.462 e. The monoisotopic (exact) mass is 185 g/mol. The highest BCUT2D eigenvalue weighted by atomic mass is 16.5. The summed E-state index contributed by atoms with van der Waals surface area (Å²) in [6.45, 7) is 4.86. The van der Waals surface area contributed by atoms with Crippen LogP contribution in [0.2, 0.25) is 0 Å². The van der Waals surface area contributed by atoms with Gasteiger partial charge >= 0.3 is 5.97 Å². The lowest BCUT2D eigenvalue weighted by atomic mass is 9.96. The van der Waals surface area contributed by atoms with Crippen molar-refractivity contribution in [2.24, 2.45) is 0 Å². The van der Waals surface area contributed by atoms with Crippen molar-refractivity contribution in [3.63, 3.8) is 0 Å². The Morgan fingerprint density at radius 3 is 2.69 bits per heavy atom. The van der Waals surface area contributed by atoms with Crippen molar-refractivity contribution in [1.82, 2.24) is 5.32 Å². The summed E-state index contributed by atoms with van der Waals surface area (Å²) in [7, 11) is 0. The average molecular weight is 185 g/mol. The molecule has 0 aromatic carbocycles. The minimum absolute atomic E-state index is 0.0575. The minimum Gasteiger partial charge on any atom is -0.462 e. The van der Waals surface area contributed by atoms with Crippen molar-refractivity contribution >= 4 is 5.97 Å². The number of carbonyl (C=O) groups excluding carboxylic acids is 1. The Morgan fingerprint density at radius 1 is 1.54 bits per heavy atom. The van der Waals surface area contributed by atoms with E-state index in [2.05, 4.69) is 19.2 Å². The Bertz CT molecular complexity index is 164. The van der Waals surface area contributed by atoms with E-state index in [0.717, 1.165) is 19.4 Å². The van der Waals surface area contributed by atoms with Gasteiger partial charge in [-0.2, -0.15) is 0 Å². The van der Waals surface area contributed by atoms with Gasteiger partial charge in [-0.15, -0.1) is 0 Å². The van der Waals surface area contributed by atoms with Gasteiger partial charge in [0.15, 0.2) is 0 Å². The third-order valence-electron chi connectivity index (χ3n) is 2.23. The fraction of sp³-hybridized carbons (Fsp3) is 0.900. The molecule has 0 amide bonds. The predicted molar refractivity (Wildman–Crippen MR) is 51.5 cm³/mol. The van der Waals surface area contributed by atoms with Crippen LogP contribution in [0.1, 0.15) is 39.5 Å². The first-order valence-corrected chi connectivity index (χ1v) is 5.11. The van der Waals surface area contributed by atoms with Gasteiger partial charge in [0, 0.05) is 12.6 Å². The highest BCUT2D eigenvalue weighted by Crippen LogP contribution is 2.22. The average Bonchev–Trinajstić information content (AvgIpc) is 1.96. The highest BCUT2D eigenvalue weighted by molar-refractivity contribution is 5.69. The molecule has 0 unspecified atom stereocenters. The van der Waals surface area contributed by atoms with Crippen LogP contribution in [0.3, 0.4) is 0 Å². The summed E-state index contributed by atoms with van der Waals surface area (Å²) in [5.41, 5.74) is 0.